The lowest BCUT2D eigenvalue weighted by Crippen LogP contribution is -2.36. The number of carbonyl (C=O) groups is 1. The van der Waals surface area contributed by atoms with Gasteiger partial charge >= 0.3 is 0 Å². The Balaban J connectivity index is 2.14. The minimum atomic E-state index is -0.458. The Kier molecular flexibility index (Phi) is 4.83. The summed E-state index contributed by atoms with van der Waals surface area (Å²) in [6.07, 6.45) is 0. The Morgan fingerprint density at radius 1 is 1.08 bits per heavy atom. The van der Waals surface area contributed by atoms with Gasteiger partial charge in [-0.25, -0.2) is 0 Å². The zero-order valence-corrected chi connectivity index (χ0v) is 15.6. The van der Waals surface area contributed by atoms with E-state index in [1.165, 1.54) is 5.56 Å². The molecule has 0 aliphatic rings. The lowest BCUT2D eigenvalue weighted by Gasteiger charge is -2.19. The molecule has 130 valence electrons. The first-order valence-electron chi connectivity index (χ1n) is 8.24. The largest absolute Gasteiger partial charge is 0.344 e. The van der Waals surface area contributed by atoms with Crippen LogP contribution in [0.15, 0.2) is 28.8 Å². The van der Waals surface area contributed by atoms with Gasteiger partial charge in [0.1, 0.15) is 6.04 Å². The number of amides is 1. The molecule has 1 heterocycles. The monoisotopic (exact) mass is 329 g/mol. The predicted octanol–water partition coefficient (Wildman–Crippen LogP) is 4.26. The van der Waals surface area contributed by atoms with Crippen LogP contribution in [-0.4, -0.2) is 16.0 Å². The van der Waals surface area contributed by atoms with Gasteiger partial charge < -0.3 is 9.84 Å². The van der Waals surface area contributed by atoms with E-state index in [1.54, 1.807) is 0 Å². The number of benzene rings is 1. The smallest absolute Gasteiger partial charge is 0.249 e. The second-order valence-corrected chi connectivity index (χ2v) is 8.23. The molecule has 0 saturated heterocycles. The number of hydrogen-bond donors (Lipinski definition) is 1. The molecule has 1 atom stereocenters. The molecule has 0 spiro atoms. The van der Waals surface area contributed by atoms with E-state index in [0.717, 1.165) is 5.56 Å². The third-order valence-corrected chi connectivity index (χ3v) is 3.85. The minimum Gasteiger partial charge on any atom is -0.344 e. The summed E-state index contributed by atoms with van der Waals surface area (Å²) < 4.78 is 5.32. The van der Waals surface area contributed by atoms with E-state index in [2.05, 4.69) is 48.4 Å². The van der Waals surface area contributed by atoms with E-state index in [4.69, 9.17) is 4.52 Å². The molecule has 0 bridgehead atoms. The average molecular weight is 329 g/mol. The third kappa shape index (κ3) is 4.22. The lowest BCUT2D eigenvalue weighted by molar-refractivity contribution is -0.129. The highest BCUT2D eigenvalue weighted by Crippen LogP contribution is 2.25. The fraction of sp³-hybridized carbons (Fsp3) is 0.526. The molecule has 0 radical (unpaired) electrons. The van der Waals surface area contributed by atoms with Gasteiger partial charge in [-0.15, -0.1) is 0 Å². The van der Waals surface area contributed by atoms with E-state index < -0.39 is 5.41 Å². The maximum absolute atomic E-state index is 12.1. The van der Waals surface area contributed by atoms with Crippen LogP contribution in [0.1, 0.15) is 66.0 Å². The molecule has 2 rings (SSSR count). The summed E-state index contributed by atoms with van der Waals surface area (Å²) in [6.45, 7) is 14.0. The van der Waals surface area contributed by atoms with Crippen LogP contribution >= 0.6 is 0 Å². The van der Waals surface area contributed by atoms with Gasteiger partial charge in [-0.05, 0) is 17.9 Å². The van der Waals surface area contributed by atoms with Crippen LogP contribution in [0, 0.1) is 5.41 Å². The molecular weight excluding hydrogens is 302 g/mol. The van der Waals surface area contributed by atoms with Crippen molar-refractivity contribution in [2.45, 2.75) is 59.9 Å². The number of rotatable bonds is 3. The van der Waals surface area contributed by atoms with Gasteiger partial charge in [-0.3, -0.25) is 4.79 Å². The molecule has 5 nitrogen and oxygen atoms in total. The van der Waals surface area contributed by atoms with Crippen molar-refractivity contribution in [2.75, 3.05) is 0 Å². The molecule has 1 amide bonds. The first-order valence-corrected chi connectivity index (χ1v) is 8.24. The van der Waals surface area contributed by atoms with Crippen molar-refractivity contribution in [2.24, 2.45) is 5.41 Å². The van der Waals surface area contributed by atoms with Gasteiger partial charge in [0.2, 0.25) is 17.6 Å². The maximum Gasteiger partial charge on any atom is 0.249 e. The summed E-state index contributed by atoms with van der Waals surface area (Å²) in [5, 5.41) is 6.93. The van der Waals surface area contributed by atoms with Crippen molar-refractivity contribution in [1.29, 1.82) is 0 Å². The highest BCUT2D eigenvalue weighted by Gasteiger charge is 2.25. The third-order valence-electron chi connectivity index (χ3n) is 3.85. The zero-order chi connectivity index (χ0) is 18.1. The van der Waals surface area contributed by atoms with Gasteiger partial charge in [0.15, 0.2) is 0 Å². The minimum absolute atomic E-state index is 0.0516. The summed E-state index contributed by atoms with van der Waals surface area (Å²) in [5.74, 6) is 0.883. The summed E-state index contributed by atoms with van der Waals surface area (Å²) in [5.41, 5.74) is 1.79. The number of hydrogen-bond acceptors (Lipinski definition) is 4. The number of carbonyl (C=O) groups excluding carboxylic acids is 1. The topological polar surface area (TPSA) is 68.0 Å². The van der Waals surface area contributed by atoms with Crippen molar-refractivity contribution in [1.82, 2.24) is 15.5 Å². The normalized spacial score (nSPS) is 13.6. The predicted molar refractivity (Wildman–Crippen MR) is 94.4 cm³/mol. The molecule has 0 aliphatic heterocycles. The molecule has 1 N–H and O–H groups in total. The highest BCUT2D eigenvalue weighted by atomic mass is 16.5. The van der Waals surface area contributed by atoms with E-state index >= 15 is 0 Å². The summed E-state index contributed by atoms with van der Waals surface area (Å²) in [6, 6.07) is 7.82. The lowest BCUT2D eigenvalue weighted by atomic mass is 9.87. The van der Waals surface area contributed by atoms with E-state index in [1.807, 2.05) is 39.8 Å². The van der Waals surface area contributed by atoms with Crippen LogP contribution in [-0.2, 0) is 10.2 Å². The quantitative estimate of drug-likeness (QED) is 0.913. The van der Waals surface area contributed by atoms with Gasteiger partial charge in [-0.2, -0.15) is 4.98 Å². The molecule has 0 saturated carbocycles. The Bertz CT molecular complexity index is 703. The van der Waals surface area contributed by atoms with Gasteiger partial charge in [0.25, 0.3) is 0 Å². The first-order chi connectivity index (χ1) is 11.0. The Morgan fingerprint density at radius 3 is 2.17 bits per heavy atom. The van der Waals surface area contributed by atoms with Gasteiger partial charge in [0.05, 0.1) is 0 Å². The SMILES string of the molecule is C[C@@H](NC(=O)C(C)(C)C)c1nc(-c2ccc(C(C)(C)C)cc2)no1. The van der Waals surface area contributed by atoms with Crippen molar-refractivity contribution < 1.29 is 9.32 Å². The Labute approximate surface area is 143 Å². The standard InChI is InChI=1S/C19H27N3O2/c1-12(20-17(23)19(5,6)7)16-21-15(22-24-16)13-8-10-14(11-9-13)18(2,3)4/h8-12H,1-7H3,(H,20,23)/t12-/m1/s1. The van der Waals surface area contributed by atoms with Gasteiger partial charge in [0, 0.05) is 11.0 Å². The Morgan fingerprint density at radius 2 is 1.67 bits per heavy atom. The molecule has 5 heteroatoms. The fourth-order valence-electron chi connectivity index (χ4n) is 2.12. The molecule has 24 heavy (non-hydrogen) atoms. The molecule has 0 aliphatic carbocycles. The summed E-state index contributed by atoms with van der Waals surface area (Å²) in [7, 11) is 0. The van der Waals surface area contributed by atoms with Crippen LogP contribution < -0.4 is 5.32 Å². The summed E-state index contributed by atoms with van der Waals surface area (Å²) >= 11 is 0. The first kappa shape index (κ1) is 18.2. The van der Waals surface area contributed by atoms with E-state index in [9.17, 15) is 4.79 Å². The molecule has 0 unspecified atom stereocenters. The van der Waals surface area contributed by atoms with Crippen LogP contribution in [0.4, 0.5) is 0 Å². The summed E-state index contributed by atoms with van der Waals surface area (Å²) in [4.78, 5) is 16.5. The van der Waals surface area contributed by atoms with E-state index in [0.29, 0.717) is 11.7 Å². The van der Waals surface area contributed by atoms with Crippen LogP contribution in [0.25, 0.3) is 11.4 Å². The second kappa shape index (κ2) is 6.38. The van der Waals surface area contributed by atoms with Crippen molar-refractivity contribution in [3.05, 3.63) is 35.7 Å². The molecule has 2 aromatic rings. The van der Waals surface area contributed by atoms with Crippen LogP contribution in [0.5, 0.6) is 0 Å². The highest BCUT2D eigenvalue weighted by molar-refractivity contribution is 5.81. The van der Waals surface area contributed by atoms with Crippen LogP contribution in [0.2, 0.25) is 0 Å². The van der Waals surface area contributed by atoms with Crippen molar-refractivity contribution in [3.8, 4) is 11.4 Å². The molecule has 0 fully saturated rings. The number of aromatic nitrogens is 2. The fourth-order valence-corrected chi connectivity index (χ4v) is 2.12. The number of nitrogens with one attached hydrogen (secondary N) is 1. The van der Waals surface area contributed by atoms with Crippen LogP contribution in [0.3, 0.4) is 0 Å². The average Bonchev–Trinajstić information content (AvgIpc) is 2.95. The van der Waals surface area contributed by atoms with Gasteiger partial charge in [-0.1, -0.05) is 71.0 Å². The van der Waals surface area contributed by atoms with E-state index in [-0.39, 0.29) is 17.4 Å². The van der Waals surface area contributed by atoms with Crippen molar-refractivity contribution in [3.63, 3.8) is 0 Å². The zero-order valence-electron chi connectivity index (χ0n) is 15.6. The number of nitrogens with zero attached hydrogens (tertiary/aromatic N) is 2. The molecule has 1 aromatic carbocycles. The van der Waals surface area contributed by atoms with Crippen molar-refractivity contribution >= 4 is 5.91 Å². The second-order valence-electron chi connectivity index (χ2n) is 8.23. The molecule has 1 aromatic heterocycles. The maximum atomic E-state index is 12.1. The molecular formula is C19H27N3O2. The Hall–Kier alpha value is -2.17.